The van der Waals surface area contributed by atoms with Crippen molar-refractivity contribution in [1.82, 2.24) is 0 Å². The summed E-state index contributed by atoms with van der Waals surface area (Å²) in [6, 6.07) is 2.35. The van der Waals surface area contributed by atoms with Crippen molar-refractivity contribution in [2.75, 3.05) is 5.75 Å². The standard InChI is InChI=1S/C10H17NS2/c1-7(2)13-6-10(11)9-4-5-12-8(9)3/h4-5,7,10H,6,11H2,1-3H3. The number of rotatable bonds is 4. The molecule has 1 nitrogen and oxygen atoms in total. The molecule has 0 fully saturated rings. The van der Waals surface area contributed by atoms with Gasteiger partial charge in [-0.25, -0.2) is 0 Å². The molecule has 0 aliphatic heterocycles. The third kappa shape index (κ3) is 3.33. The average Bonchev–Trinajstić information content (AvgIpc) is 2.47. The fourth-order valence-electron chi connectivity index (χ4n) is 1.17. The summed E-state index contributed by atoms with van der Waals surface area (Å²) in [6.45, 7) is 6.55. The lowest BCUT2D eigenvalue weighted by Crippen LogP contribution is -2.14. The second-order valence-corrected chi connectivity index (χ2v) is 6.15. The Morgan fingerprint density at radius 3 is 2.69 bits per heavy atom. The minimum absolute atomic E-state index is 0.207. The first-order chi connectivity index (χ1) is 6.11. The number of thioether (sulfide) groups is 1. The van der Waals surface area contributed by atoms with E-state index in [1.165, 1.54) is 10.4 Å². The fraction of sp³-hybridized carbons (Fsp3) is 0.600. The van der Waals surface area contributed by atoms with E-state index in [0.717, 1.165) is 5.75 Å². The van der Waals surface area contributed by atoms with Crippen molar-refractivity contribution in [3.8, 4) is 0 Å². The van der Waals surface area contributed by atoms with Crippen LogP contribution < -0.4 is 5.73 Å². The van der Waals surface area contributed by atoms with Gasteiger partial charge in [0.2, 0.25) is 0 Å². The van der Waals surface area contributed by atoms with E-state index in [4.69, 9.17) is 5.73 Å². The monoisotopic (exact) mass is 215 g/mol. The smallest absolute Gasteiger partial charge is 0.0397 e. The Balaban J connectivity index is 2.49. The third-order valence-electron chi connectivity index (χ3n) is 1.91. The van der Waals surface area contributed by atoms with Crippen molar-refractivity contribution < 1.29 is 0 Å². The Morgan fingerprint density at radius 1 is 1.54 bits per heavy atom. The first kappa shape index (κ1) is 11.1. The molecule has 0 radical (unpaired) electrons. The molecule has 0 bridgehead atoms. The molecule has 1 rings (SSSR count). The second kappa shape index (κ2) is 5.03. The third-order valence-corrected chi connectivity index (χ3v) is 3.99. The van der Waals surface area contributed by atoms with E-state index in [-0.39, 0.29) is 6.04 Å². The molecule has 1 heterocycles. The van der Waals surface area contributed by atoms with Gasteiger partial charge in [-0.3, -0.25) is 0 Å². The molecule has 3 heteroatoms. The lowest BCUT2D eigenvalue weighted by atomic mass is 10.1. The van der Waals surface area contributed by atoms with Crippen LogP contribution in [-0.4, -0.2) is 11.0 Å². The molecule has 1 unspecified atom stereocenters. The van der Waals surface area contributed by atoms with Gasteiger partial charge in [0.15, 0.2) is 0 Å². The molecule has 74 valence electrons. The first-order valence-corrected chi connectivity index (χ1v) is 6.45. The molecule has 1 aromatic rings. The van der Waals surface area contributed by atoms with Crippen molar-refractivity contribution in [3.63, 3.8) is 0 Å². The summed E-state index contributed by atoms with van der Waals surface area (Å²) in [5.41, 5.74) is 7.39. The second-order valence-electron chi connectivity index (χ2n) is 3.42. The van der Waals surface area contributed by atoms with E-state index < -0.39 is 0 Å². The topological polar surface area (TPSA) is 26.0 Å². The van der Waals surface area contributed by atoms with Gasteiger partial charge in [0.1, 0.15) is 0 Å². The molecule has 0 spiro atoms. The van der Waals surface area contributed by atoms with Crippen LogP contribution >= 0.6 is 23.1 Å². The number of thiophene rings is 1. The molecule has 2 N–H and O–H groups in total. The van der Waals surface area contributed by atoms with E-state index in [1.54, 1.807) is 11.3 Å². The van der Waals surface area contributed by atoms with Gasteiger partial charge >= 0.3 is 0 Å². The van der Waals surface area contributed by atoms with Gasteiger partial charge in [-0.1, -0.05) is 13.8 Å². The van der Waals surface area contributed by atoms with Crippen LogP contribution in [0.3, 0.4) is 0 Å². The SMILES string of the molecule is Cc1sccc1C(N)CSC(C)C. The number of nitrogens with two attached hydrogens (primary N) is 1. The van der Waals surface area contributed by atoms with Crippen LogP contribution in [0.15, 0.2) is 11.4 Å². The van der Waals surface area contributed by atoms with Crippen molar-refractivity contribution >= 4 is 23.1 Å². The Hall–Kier alpha value is 0.01000. The number of aryl methyl sites for hydroxylation is 1. The Bertz CT molecular complexity index is 255. The predicted molar refractivity (Wildman–Crippen MR) is 63.6 cm³/mol. The molecule has 1 atom stereocenters. The van der Waals surface area contributed by atoms with E-state index >= 15 is 0 Å². The first-order valence-electron chi connectivity index (χ1n) is 4.52. The maximum atomic E-state index is 6.07. The molecule has 0 aromatic carbocycles. The summed E-state index contributed by atoms with van der Waals surface area (Å²) in [6.07, 6.45) is 0. The largest absolute Gasteiger partial charge is 0.323 e. The van der Waals surface area contributed by atoms with Crippen LogP contribution in [0, 0.1) is 6.92 Å². The number of hydrogen-bond acceptors (Lipinski definition) is 3. The van der Waals surface area contributed by atoms with Crippen LogP contribution in [0.2, 0.25) is 0 Å². The van der Waals surface area contributed by atoms with Crippen LogP contribution in [0.5, 0.6) is 0 Å². The van der Waals surface area contributed by atoms with Gasteiger partial charge in [0.25, 0.3) is 0 Å². The van der Waals surface area contributed by atoms with Gasteiger partial charge in [-0.15, -0.1) is 11.3 Å². The van der Waals surface area contributed by atoms with E-state index in [2.05, 4.69) is 32.2 Å². The average molecular weight is 215 g/mol. The quantitative estimate of drug-likeness (QED) is 0.834. The summed E-state index contributed by atoms with van der Waals surface area (Å²) in [7, 11) is 0. The molecule has 0 saturated heterocycles. The predicted octanol–water partition coefficient (Wildman–Crippen LogP) is 3.20. The van der Waals surface area contributed by atoms with Crippen molar-refractivity contribution in [2.45, 2.75) is 32.1 Å². The van der Waals surface area contributed by atoms with E-state index in [9.17, 15) is 0 Å². The van der Waals surface area contributed by atoms with Crippen LogP contribution in [0.1, 0.15) is 30.3 Å². The summed E-state index contributed by atoms with van der Waals surface area (Å²) in [5, 5.41) is 2.79. The van der Waals surface area contributed by atoms with Gasteiger partial charge in [0, 0.05) is 16.7 Å². The Kier molecular flexibility index (Phi) is 4.29. The highest BCUT2D eigenvalue weighted by Gasteiger charge is 2.10. The van der Waals surface area contributed by atoms with Crippen LogP contribution in [0.25, 0.3) is 0 Å². The van der Waals surface area contributed by atoms with Crippen molar-refractivity contribution in [2.24, 2.45) is 5.73 Å². The minimum atomic E-state index is 0.207. The van der Waals surface area contributed by atoms with Gasteiger partial charge in [-0.2, -0.15) is 11.8 Å². The highest BCUT2D eigenvalue weighted by Crippen LogP contribution is 2.24. The fourth-order valence-corrected chi connectivity index (χ4v) is 2.71. The molecule has 0 aliphatic rings. The maximum absolute atomic E-state index is 6.07. The Labute approximate surface area is 88.7 Å². The van der Waals surface area contributed by atoms with Crippen molar-refractivity contribution in [3.05, 3.63) is 21.9 Å². The normalized spacial score (nSPS) is 13.6. The summed E-state index contributed by atoms with van der Waals surface area (Å²) >= 11 is 3.70. The molecule has 0 saturated carbocycles. The lowest BCUT2D eigenvalue weighted by Gasteiger charge is -2.12. The summed E-state index contributed by atoms with van der Waals surface area (Å²) in [5.74, 6) is 1.02. The Morgan fingerprint density at radius 2 is 2.23 bits per heavy atom. The van der Waals surface area contributed by atoms with Crippen LogP contribution in [-0.2, 0) is 0 Å². The number of hydrogen-bond donors (Lipinski definition) is 1. The molecule has 0 amide bonds. The molecule has 1 aromatic heterocycles. The van der Waals surface area contributed by atoms with E-state index in [1.807, 2.05) is 11.8 Å². The highest BCUT2D eigenvalue weighted by molar-refractivity contribution is 7.99. The zero-order chi connectivity index (χ0) is 9.84. The summed E-state index contributed by atoms with van der Waals surface area (Å²) in [4.78, 5) is 1.36. The van der Waals surface area contributed by atoms with Gasteiger partial charge < -0.3 is 5.73 Å². The minimum Gasteiger partial charge on any atom is -0.323 e. The van der Waals surface area contributed by atoms with Crippen LogP contribution in [0.4, 0.5) is 0 Å². The van der Waals surface area contributed by atoms with Gasteiger partial charge in [0.05, 0.1) is 0 Å². The summed E-state index contributed by atoms with van der Waals surface area (Å²) < 4.78 is 0. The van der Waals surface area contributed by atoms with Crippen molar-refractivity contribution in [1.29, 1.82) is 0 Å². The zero-order valence-corrected chi connectivity index (χ0v) is 10.0. The maximum Gasteiger partial charge on any atom is 0.0397 e. The van der Waals surface area contributed by atoms with Gasteiger partial charge in [-0.05, 0) is 29.2 Å². The molecule has 0 aliphatic carbocycles. The molecule has 13 heavy (non-hydrogen) atoms. The molecular weight excluding hydrogens is 198 g/mol. The van der Waals surface area contributed by atoms with E-state index in [0.29, 0.717) is 5.25 Å². The zero-order valence-electron chi connectivity index (χ0n) is 8.41. The molecular formula is C10H17NS2. The lowest BCUT2D eigenvalue weighted by molar-refractivity contribution is 0.826. The highest BCUT2D eigenvalue weighted by atomic mass is 32.2.